The molecular weight excluding hydrogens is 248 g/mol. The van der Waals surface area contributed by atoms with E-state index in [1.54, 1.807) is 13.1 Å². The van der Waals surface area contributed by atoms with Gasteiger partial charge in [-0.2, -0.15) is 4.98 Å². The molecule has 8 nitrogen and oxygen atoms in total. The maximum atomic E-state index is 5.56. The molecule has 102 valence electrons. The van der Waals surface area contributed by atoms with Crippen LogP contribution in [-0.4, -0.2) is 33.4 Å². The van der Waals surface area contributed by atoms with Crippen molar-refractivity contribution in [2.75, 3.05) is 24.2 Å². The predicted octanol–water partition coefficient (Wildman–Crippen LogP) is 0.804. The zero-order valence-corrected chi connectivity index (χ0v) is 10.9. The van der Waals surface area contributed by atoms with Gasteiger partial charge >= 0.3 is 0 Å². The molecule has 0 bridgehead atoms. The van der Waals surface area contributed by atoms with Crippen molar-refractivity contribution in [3.63, 3.8) is 0 Å². The number of aryl methyl sites for hydroxylation is 2. The van der Waals surface area contributed by atoms with Crippen molar-refractivity contribution in [2.24, 2.45) is 0 Å². The van der Waals surface area contributed by atoms with E-state index < -0.39 is 0 Å². The first-order valence-corrected chi connectivity index (χ1v) is 5.98. The van der Waals surface area contributed by atoms with Crippen molar-refractivity contribution in [2.45, 2.75) is 20.3 Å². The number of anilines is 2. The zero-order valence-electron chi connectivity index (χ0n) is 10.9. The number of rotatable bonds is 6. The molecule has 19 heavy (non-hydrogen) atoms. The predicted molar refractivity (Wildman–Crippen MR) is 68.8 cm³/mol. The summed E-state index contributed by atoms with van der Waals surface area (Å²) in [5, 5.41) is 10.4. The summed E-state index contributed by atoms with van der Waals surface area (Å²) in [5.41, 5.74) is 7.19. The van der Waals surface area contributed by atoms with Crippen LogP contribution in [0.5, 0.6) is 5.88 Å². The molecule has 2 aromatic rings. The Labute approximate surface area is 110 Å². The minimum atomic E-state index is 0.247. The third-order valence-corrected chi connectivity index (χ3v) is 2.51. The minimum Gasteiger partial charge on any atom is -0.472 e. The van der Waals surface area contributed by atoms with E-state index in [0.717, 1.165) is 17.8 Å². The Kier molecular flexibility index (Phi) is 4.11. The lowest BCUT2D eigenvalue weighted by Gasteiger charge is -2.09. The fourth-order valence-corrected chi connectivity index (χ4v) is 1.50. The van der Waals surface area contributed by atoms with Crippen LogP contribution < -0.4 is 15.8 Å². The number of nitrogens with two attached hydrogens (primary N) is 1. The van der Waals surface area contributed by atoms with Crippen molar-refractivity contribution in [1.82, 2.24) is 20.3 Å². The topological polar surface area (TPSA) is 112 Å². The number of hydrogen-bond acceptors (Lipinski definition) is 8. The molecule has 0 saturated carbocycles. The van der Waals surface area contributed by atoms with Crippen LogP contribution in [0.15, 0.2) is 10.8 Å². The molecule has 2 rings (SSSR count). The number of ether oxygens (including phenoxy) is 1. The summed E-state index contributed by atoms with van der Waals surface area (Å²) in [4.78, 5) is 8.11. The Morgan fingerprint density at radius 1 is 1.42 bits per heavy atom. The number of aromatic nitrogens is 4. The lowest BCUT2D eigenvalue weighted by atomic mass is 10.2. The maximum absolute atomic E-state index is 5.56. The van der Waals surface area contributed by atoms with Gasteiger partial charge in [-0.1, -0.05) is 12.1 Å². The number of nitrogens with zero attached hydrogens (tertiary/aromatic N) is 4. The molecule has 0 aliphatic heterocycles. The van der Waals surface area contributed by atoms with E-state index in [4.69, 9.17) is 10.5 Å². The van der Waals surface area contributed by atoms with Crippen molar-refractivity contribution in [3.05, 3.63) is 17.5 Å². The van der Waals surface area contributed by atoms with E-state index in [2.05, 4.69) is 30.2 Å². The SMILES string of the molecule is CCc1cnc(N)nc1NCCOc1nonc1C. The van der Waals surface area contributed by atoms with Crippen LogP contribution >= 0.6 is 0 Å². The average Bonchev–Trinajstić information content (AvgIpc) is 2.80. The van der Waals surface area contributed by atoms with Gasteiger partial charge in [0.2, 0.25) is 5.95 Å². The molecule has 0 unspecified atom stereocenters. The monoisotopic (exact) mass is 264 g/mol. The van der Waals surface area contributed by atoms with Crippen LogP contribution in [0, 0.1) is 6.92 Å². The van der Waals surface area contributed by atoms with Crippen molar-refractivity contribution in [3.8, 4) is 5.88 Å². The van der Waals surface area contributed by atoms with Gasteiger partial charge in [-0.05, 0) is 18.5 Å². The Bertz CT molecular complexity index is 542. The highest BCUT2D eigenvalue weighted by Gasteiger charge is 2.06. The van der Waals surface area contributed by atoms with Crippen molar-refractivity contribution < 1.29 is 9.37 Å². The maximum Gasteiger partial charge on any atom is 0.278 e. The van der Waals surface area contributed by atoms with Crippen LogP contribution in [0.2, 0.25) is 0 Å². The summed E-state index contributed by atoms with van der Waals surface area (Å²) >= 11 is 0. The second-order valence-corrected chi connectivity index (χ2v) is 3.89. The fourth-order valence-electron chi connectivity index (χ4n) is 1.50. The molecule has 0 aliphatic carbocycles. The van der Waals surface area contributed by atoms with Gasteiger partial charge in [-0.25, -0.2) is 9.61 Å². The highest BCUT2D eigenvalue weighted by molar-refractivity contribution is 5.45. The van der Waals surface area contributed by atoms with Crippen LogP contribution in [0.1, 0.15) is 18.2 Å². The van der Waals surface area contributed by atoms with Crippen LogP contribution in [0.3, 0.4) is 0 Å². The Morgan fingerprint density at radius 2 is 2.26 bits per heavy atom. The van der Waals surface area contributed by atoms with E-state index in [9.17, 15) is 0 Å². The molecular formula is C11H16N6O2. The summed E-state index contributed by atoms with van der Waals surface area (Å²) in [6, 6.07) is 0. The lowest BCUT2D eigenvalue weighted by molar-refractivity contribution is 0.261. The first kappa shape index (κ1) is 13.1. The van der Waals surface area contributed by atoms with E-state index >= 15 is 0 Å². The van der Waals surface area contributed by atoms with Crippen molar-refractivity contribution >= 4 is 11.8 Å². The number of nitrogens with one attached hydrogen (secondary N) is 1. The highest BCUT2D eigenvalue weighted by atomic mass is 16.6. The van der Waals surface area contributed by atoms with Gasteiger partial charge in [0.25, 0.3) is 5.88 Å². The Morgan fingerprint density at radius 3 is 2.95 bits per heavy atom. The first-order chi connectivity index (χ1) is 9.20. The lowest BCUT2D eigenvalue weighted by Crippen LogP contribution is -2.15. The van der Waals surface area contributed by atoms with Crippen molar-refractivity contribution in [1.29, 1.82) is 0 Å². The first-order valence-electron chi connectivity index (χ1n) is 5.98. The highest BCUT2D eigenvalue weighted by Crippen LogP contribution is 2.13. The third-order valence-electron chi connectivity index (χ3n) is 2.51. The largest absolute Gasteiger partial charge is 0.472 e. The minimum absolute atomic E-state index is 0.247. The number of nitrogen functional groups attached to an aromatic ring is 1. The van der Waals surface area contributed by atoms with E-state index in [1.165, 1.54) is 0 Å². The van der Waals surface area contributed by atoms with E-state index in [-0.39, 0.29) is 5.95 Å². The summed E-state index contributed by atoms with van der Waals surface area (Å²) in [7, 11) is 0. The molecule has 2 heterocycles. The van der Waals surface area contributed by atoms with Gasteiger partial charge in [-0.3, -0.25) is 0 Å². The smallest absolute Gasteiger partial charge is 0.278 e. The molecule has 8 heteroatoms. The van der Waals surface area contributed by atoms with Gasteiger partial charge in [-0.15, -0.1) is 0 Å². The van der Waals surface area contributed by atoms with Crippen LogP contribution in [0.4, 0.5) is 11.8 Å². The Balaban J connectivity index is 1.86. The van der Waals surface area contributed by atoms with Gasteiger partial charge in [0.1, 0.15) is 18.1 Å². The quantitative estimate of drug-likeness (QED) is 0.737. The molecule has 0 amide bonds. The molecule has 0 spiro atoms. The second-order valence-electron chi connectivity index (χ2n) is 3.89. The normalized spacial score (nSPS) is 10.4. The standard InChI is InChI=1S/C11H16N6O2/c1-3-8-6-14-11(12)15-9(8)13-4-5-18-10-7(2)16-19-17-10/h6H,3-5H2,1-2H3,(H3,12,13,14,15). The second kappa shape index (κ2) is 5.98. The summed E-state index contributed by atoms with van der Waals surface area (Å²) in [6.07, 6.45) is 2.55. The van der Waals surface area contributed by atoms with Crippen LogP contribution in [-0.2, 0) is 6.42 Å². The van der Waals surface area contributed by atoms with Gasteiger partial charge in [0.15, 0.2) is 0 Å². The molecule has 2 aromatic heterocycles. The molecule has 0 aliphatic rings. The van der Waals surface area contributed by atoms with E-state index in [0.29, 0.717) is 24.7 Å². The average molecular weight is 264 g/mol. The zero-order chi connectivity index (χ0) is 13.7. The molecule has 0 aromatic carbocycles. The Hall–Kier alpha value is -2.38. The van der Waals surface area contributed by atoms with Crippen LogP contribution in [0.25, 0.3) is 0 Å². The summed E-state index contributed by atoms with van der Waals surface area (Å²) < 4.78 is 9.93. The van der Waals surface area contributed by atoms with Gasteiger partial charge < -0.3 is 15.8 Å². The fraction of sp³-hybridized carbons (Fsp3) is 0.455. The summed E-state index contributed by atoms with van der Waals surface area (Å²) in [5.74, 6) is 1.38. The van der Waals surface area contributed by atoms with E-state index in [1.807, 2.05) is 6.92 Å². The molecule has 0 atom stereocenters. The summed E-state index contributed by atoms with van der Waals surface area (Å²) in [6.45, 7) is 4.78. The van der Waals surface area contributed by atoms with Gasteiger partial charge in [0.05, 0.1) is 6.54 Å². The molecule has 0 saturated heterocycles. The number of hydrogen-bond donors (Lipinski definition) is 2. The van der Waals surface area contributed by atoms with Gasteiger partial charge in [0, 0.05) is 11.8 Å². The molecule has 0 fully saturated rings. The molecule has 0 radical (unpaired) electrons. The molecule has 3 N–H and O–H groups in total. The third kappa shape index (κ3) is 3.30.